The summed E-state index contributed by atoms with van der Waals surface area (Å²) in [7, 11) is 0. The fourth-order valence-corrected chi connectivity index (χ4v) is 7.11. The Morgan fingerprint density at radius 3 is 2.39 bits per heavy atom. The summed E-state index contributed by atoms with van der Waals surface area (Å²) in [5.41, 5.74) is 3.82. The van der Waals surface area contributed by atoms with E-state index in [1.165, 1.54) is 6.07 Å². The van der Waals surface area contributed by atoms with E-state index in [2.05, 4.69) is 5.32 Å². The van der Waals surface area contributed by atoms with Crippen molar-refractivity contribution >= 4 is 23.2 Å². The fraction of sp³-hybridized carbons (Fsp3) is 0.536. The number of aliphatic hydroxyl groups is 3. The zero-order chi connectivity index (χ0) is 26.9. The van der Waals surface area contributed by atoms with Gasteiger partial charge in [-0.15, -0.1) is 0 Å². The molecule has 3 fully saturated rings. The molecule has 10 heteroatoms. The van der Waals surface area contributed by atoms with Crippen LogP contribution in [0.25, 0.3) is 5.76 Å². The summed E-state index contributed by atoms with van der Waals surface area (Å²) in [6.07, 6.45) is 4.71. The standard InChI is InChI=1S/C28H32N2O8/c29-27(36)21-24(33)22(30-14-6-8-38-9-7-14)17-11-13-10-16-15(12-2-1-3-12)4-5-18(31)20(16)23(32)19(13)25(34)28(17,37)26(21)35/h4-5,12-14,17,22,30-32,35,37H,1-3,6-11H2,(H2,29,36). The Morgan fingerprint density at radius 2 is 1.76 bits per heavy atom. The molecule has 1 aliphatic heterocycles. The van der Waals surface area contributed by atoms with Crippen molar-refractivity contribution in [1.29, 1.82) is 0 Å². The summed E-state index contributed by atoms with van der Waals surface area (Å²) in [4.78, 5) is 39.7. The minimum absolute atomic E-state index is 0.0869. The van der Waals surface area contributed by atoms with E-state index in [9.17, 15) is 34.8 Å². The number of amides is 1. The number of phenols is 1. The number of nitrogens with two attached hydrogens (primary N) is 1. The van der Waals surface area contributed by atoms with Crippen LogP contribution in [0.15, 0.2) is 29.0 Å². The van der Waals surface area contributed by atoms with Crippen molar-refractivity contribution in [2.75, 3.05) is 13.2 Å². The molecule has 0 spiro atoms. The number of primary amides is 1. The lowest BCUT2D eigenvalue weighted by Gasteiger charge is -2.50. The SMILES string of the molecule is NC(=O)C1=C(O)C2(O)C(=O)C3=C(O)c4c(O)ccc(C5CCC5)c4CC3CC2C(NC2CCOCC2)C1=O. The number of nitrogens with one attached hydrogen (secondary N) is 1. The topological polar surface area (TPSA) is 179 Å². The average molecular weight is 525 g/mol. The molecular weight excluding hydrogens is 492 g/mol. The highest BCUT2D eigenvalue weighted by Crippen LogP contribution is 2.53. The first-order valence-electron chi connectivity index (χ1n) is 13.3. The normalized spacial score (nSPS) is 32.0. The highest BCUT2D eigenvalue weighted by atomic mass is 16.5. The van der Waals surface area contributed by atoms with Crippen LogP contribution in [-0.2, 0) is 25.5 Å². The van der Waals surface area contributed by atoms with Gasteiger partial charge in [-0.1, -0.05) is 12.5 Å². The number of aromatic hydroxyl groups is 1. The van der Waals surface area contributed by atoms with Crippen molar-refractivity contribution in [2.24, 2.45) is 17.6 Å². The molecule has 1 aromatic carbocycles. The molecule has 1 aromatic rings. The van der Waals surface area contributed by atoms with Gasteiger partial charge in [0, 0.05) is 30.7 Å². The first kappa shape index (κ1) is 25.1. The molecule has 4 unspecified atom stereocenters. The number of hydrogen-bond donors (Lipinski definition) is 6. The molecule has 0 radical (unpaired) electrons. The number of fused-ring (bicyclic) bond motifs is 3. The molecule has 0 bridgehead atoms. The first-order valence-corrected chi connectivity index (χ1v) is 13.3. The third-order valence-electron chi connectivity index (χ3n) is 9.30. The summed E-state index contributed by atoms with van der Waals surface area (Å²) in [6.45, 7) is 0.952. The van der Waals surface area contributed by atoms with Crippen LogP contribution in [0, 0.1) is 11.8 Å². The van der Waals surface area contributed by atoms with E-state index < -0.39 is 58.0 Å². The summed E-state index contributed by atoms with van der Waals surface area (Å²) < 4.78 is 5.40. The highest BCUT2D eigenvalue weighted by Gasteiger charge is 2.64. The minimum atomic E-state index is -2.64. The molecule has 1 amide bonds. The Morgan fingerprint density at radius 1 is 1.05 bits per heavy atom. The van der Waals surface area contributed by atoms with E-state index in [0.717, 1.165) is 30.4 Å². The zero-order valence-corrected chi connectivity index (χ0v) is 20.9. The molecule has 2 saturated carbocycles. The number of Topliss-reactive ketones (excluding diaryl/α,β-unsaturated/α-hetero) is 2. The van der Waals surface area contributed by atoms with Crippen molar-refractivity contribution in [3.8, 4) is 5.75 Å². The number of carbonyl (C=O) groups is 3. The number of carbonyl (C=O) groups excluding carboxylic acids is 3. The molecule has 4 atom stereocenters. The van der Waals surface area contributed by atoms with Crippen LogP contribution in [-0.4, -0.2) is 68.8 Å². The molecule has 4 aliphatic carbocycles. The quantitative estimate of drug-likeness (QED) is 0.318. The van der Waals surface area contributed by atoms with Gasteiger partial charge < -0.3 is 36.2 Å². The Balaban J connectivity index is 1.48. The van der Waals surface area contributed by atoms with Crippen molar-refractivity contribution in [1.82, 2.24) is 5.32 Å². The van der Waals surface area contributed by atoms with Crippen LogP contribution in [0.3, 0.4) is 0 Å². The Kier molecular flexibility index (Phi) is 5.89. The smallest absolute Gasteiger partial charge is 0.255 e. The van der Waals surface area contributed by atoms with Gasteiger partial charge in [0.15, 0.2) is 11.4 Å². The summed E-state index contributed by atoms with van der Waals surface area (Å²) in [5.74, 6) is -6.04. The van der Waals surface area contributed by atoms with Crippen molar-refractivity contribution in [3.05, 3.63) is 45.7 Å². The second-order valence-electron chi connectivity index (χ2n) is 11.2. The molecule has 6 rings (SSSR count). The van der Waals surface area contributed by atoms with Crippen LogP contribution in [0.4, 0.5) is 0 Å². The van der Waals surface area contributed by atoms with Gasteiger partial charge in [-0.3, -0.25) is 14.4 Å². The van der Waals surface area contributed by atoms with Crippen molar-refractivity contribution in [2.45, 2.75) is 68.5 Å². The van der Waals surface area contributed by atoms with E-state index in [1.807, 2.05) is 6.07 Å². The lowest BCUT2D eigenvalue weighted by atomic mass is 9.57. The summed E-state index contributed by atoms with van der Waals surface area (Å²) in [6, 6.07) is 2.06. The maximum atomic E-state index is 14.0. The number of ether oxygens (including phenoxy) is 1. The summed E-state index contributed by atoms with van der Waals surface area (Å²) in [5, 5.41) is 48.1. The van der Waals surface area contributed by atoms with E-state index in [-0.39, 0.29) is 29.3 Å². The fourth-order valence-electron chi connectivity index (χ4n) is 7.11. The zero-order valence-electron chi connectivity index (χ0n) is 20.9. The van der Waals surface area contributed by atoms with Crippen molar-refractivity contribution in [3.63, 3.8) is 0 Å². The van der Waals surface area contributed by atoms with Crippen LogP contribution in [0.1, 0.15) is 61.1 Å². The highest BCUT2D eigenvalue weighted by molar-refractivity contribution is 6.24. The number of hydrogen-bond acceptors (Lipinski definition) is 9. The van der Waals surface area contributed by atoms with E-state index in [4.69, 9.17) is 10.5 Å². The average Bonchev–Trinajstić information content (AvgIpc) is 2.85. The van der Waals surface area contributed by atoms with Crippen LogP contribution in [0.2, 0.25) is 0 Å². The summed E-state index contributed by atoms with van der Waals surface area (Å²) >= 11 is 0. The van der Waals surface area contributed by atoms with Crippen LogP contribution < -0.4 is 11.1 Å². The largest absolute Gasteiger partial charge is 0.508 e. The molecular formula is C28H32N2O8. The number of aliphatic hydroxyl groups excluding tert-OH is 2. The second-order valence-corrected chi connectivity index (χ2v) is 11.2. The maximum Gasteiger partial charge on any atom is 0.255 e. The second kappa shape index (κ2) is 8.93. The Bertz CT molecular complexity index is 1310. The molecule has 202 valence electrons. The third kappa shape index (κ3) is 3.47. The molecule has 5 aliphatic rings. The van der Waals surface area contributed by atoms with Gasteiger partial charge in [-0.05, 0) is 67.6 Å². The van der Waals surface area contributed by atoms with E-state index in [0.29, 0.717) is 38.4 Å². The predicted octanol–water partition coefficient (Wildman–Crippen LogP) is 1.44. The number of benzene rings is 1. The molecule has 7 N–H and O–H groups in total. The van der Waals surface area contributed by atoms with Gasteiger partial charge in [-0.2, -0.15) is 0 Å². The molecule has 38 heavy (non-hydrogen) atoms. The number of rotatable bonds is 4. The Hall–Kier alpha value is -3.21. The van der Waals surface area contributed by atoms with Gasteiger partial charge in [0.05, 0.1) is 11.6 Å². The van der Waals surface area contributed by atoms with Gasteiger partial charge in [0.1, 0.15) is 22.8 Å². The van der Waals surface area contributed by atoms with Gasteiger partial charge in [0.2, 0.25) is 5.78 Å². The van der Waals surface area contributed by atoms with Crippen LogP contribution in [0.5, 0.6) is 5.75 Å². The van der Waals surface area contributed by atoms with E-state index in [1.54, 1.807) is 0 Å². The van der Waals surface area contributed by atoms with Gasteiger partial charge >= 0.3 is 0 Å². The van der Waals surface area contributed by atoms with Crippen molar-refractivity contribution < 1.29 is 39.5 Å². The van der Waals surface area contributed by atoms with Gasteiger partial charge in [-0.25, -0.2) is 0 Å². The molecule has 1 saturated heterocycles. The maximum absolute atomic E-state index is 14.0. The Labute approximate surface area is 219 Å². The predicted molar refractivity (Wildman–Crippen MR) is 134 cm³/mol. The van der Waals surface area contributed by atoms with Crippen LogP contribution >= 0.6 is 0 Å². The monoisotopic (exact) mass is 524 g/mol. The van der Waals surface area contributed by atoms with Gasteiger partial charge in [0.25, 0.3) is 5.91 Å². The lowest BCUT2D eigenvalue weighted by molar-refractivity contribution is -0.150. The molecule has 0 aromatic heterocycles. The lowest BCUT2D eigenvalue weighted by Crippen LogP contribution is -2.67. The van der Waals surface area contributed by atoms with E-state index >= 15 is 0 Å². The number of ketones is 2. The third-order valence-corrected chi connectivity index (χ3v) is 9.30. The number of phenolic OH excluding ortho intramolecular Hbond substituents is 1. The minimum Gasteiger partial charge on any atom is -0.508 e. The molecule has 10 nitrogen and oxygen atoms in total. The first-order chi connectivity index (χ1) is 18.1. The molecule has 1 heterocycles.